The van der Waals surface area contributed by atoms with E-state index < -0.39 is 28.1 Å². The Kier molecular flexibility index (Phi) is 3.80. The Labute approximate surface area is 121 Å². The van der Waals surface area contributed by atoms with Crippen molar-refractivity contribution in [1.29, 1.82) is 0 Å². The number of carbonyl (C=O) groups is 2. The molecule has 108 valence electrons. The van der Waals surface area contributed by atoms with E-state index in [1.807, 2.05) is 6.07 Å². The minimum Gasteiger partial charge on any atom is -0.481 e. The molecular formula is C14H17NO4S. The van der Waals surface area contributed by atoms with Crippen LogP contribution >= 0.6 is 11.8 Å². The predicted octanol–water partition coefficient (Wildman–Crippen LogP) is 1.42. The van der Waals surface area contributed by atoms with Crippen LogP contribution in [0.5, 0.6) is 0 Å². The highest BCUT2D eigenvalue weighted by Gasteiger charge is 2.66. The predicted molar refractivity (Wildman–Crippen MR) is 76.4 cm³/mol. The monoisotopic (exact) mass is 295 g/mol. The molecule has 1 saturated heterocycles. The number of carboxylic acids is 2. The largest absolute Gasteiger partial charge is 0.481 e. The van der Waals surface area contributed by atoms with E-state index in [4.69, 9.17) is 5.73 Å². The van der Waals surface area contributed by atoms with Gasteiger partial charge in [-0.1, -0.05) is 30.3 Å². The molecule has 0 aliphatic carbocycles. The number of carboxylic acid groups (broad SMARTS) is 2. The number of benzene rings is 1. The second-order valence-corrected chi connectivity index (χ2v) is 6.44. The van der Waals surface area contributed by atoms with E-state index in [0.717, 1.165) is 5.56 Å². The third kappa shape index (κ3) is 1.99. The van der Waals surface area contributed by atoms with Gasteiger partial charge < -0.3 is 15.9 Å². The van der Waals surface area contributed by atoms with Crippen molar-refractivity contribution >= 4 is 23.7 Å². The van der Waals surface area contributed by atoms with E-state index >= 15 is 0 Å². The number of aliphatic carboxylic acids is 2. The highest BCUT2D eigenvalue weighted by molar-refractivity contribution is 8.00. The summed E-state index contributed by atoms with van der Waals surface area (Å²) in [6, 6.07) is 9.02. The first kappa shape index (κ1) is 14.9. The van der Waals surface area contributed by atoms with Crippen molar-refractivity contribution < 1.29 is 19.8 Å². The maximum Gasteiger partial charge on any atom is 0.313 e. The van der Waals surface area contributed by atoms with Gasteiger partial charge in [-0.2, -0.15) is 0 Å². The van der Waals surface area contributed by atoms with E-state index in [1.165, 1.54) is 18.7 Å². The maximum atomic E-state index is 11.9. The average Bonchev–Trinajstić information content (AvgIpc) is 2.67. The molecule has 0 radical (unpaired) electrons. The highest BCUT2D eigenvalue weighted by Crippen LogP contribution is 2.55. The third-order valence-corrected chi connectivity index (χ3v) is 5.71. The fourth-order valence-electron chi connectivity index (χ4n) is 2.74. The van der Waals surface area contributed by atoms with E-state index in [1.54, 1.807) is 24.3 Å². The van der Waals surface area contributed by atoms with Gasteiger partial charge in [0, 0.05) is 5.75 Å². The van der Waals surface area contributed by atoms with Crippen molar-refractivity contribution in [3.05, 3.63) is 35.9 Å². The van der Waals surface area contributed by atoms with Crippen LogP contribution in [-0.4, -0.2) is 33.3 Å². The molecule has 0 bridgehead atoms. The first-order valence-electron chi connectivity index (χ1n) is 6.22. The molecule has 0 aromatic heterocycles. The molecule has 0 amide bonds. The lowest BCUT2D eigenvalue weighted by molar-refractivity contribution is -0.169. The summed E-state index contributed by atoms with van der Waals surface area (Å²) < 4.78 is 0. The van der Waals surface area contributed by atoms with Gasteiger partial charge in [-0.15, -0.1) is 11.8 Å². The number of rotatable bonds is 4. The van der Waals surface area contributed by atoms with Gasteiger partial charge in [-0.05, 0) is 18.9 Å². The molecule has 1 aromatic rings. The van der Waals surface area contributed by atoms with Crippen molar-refractivity contribution in [3.8, 4) is 0 Å². The molecule has 5 nitrogen and oxygen atoms in total. The van der Waals surface area contributed by atoms with Crippen LogP contribution in [0.3, 0.4) is 0 Å². The van der Waals surface area contributed by atoms with Gasteiger partial charge in [0.1, 0.15) is 5.41 Å². The Morgan fingerprint density at radius 1 is 1.30 bits per heavy atom. The van der Waals surface area contributed by atoms with Crippen LogP contribution in [0.4, 0.5) is 0 Å². The minimum atomic E-state index is -1.51. The SMILES string of the molecule is CC1(C(=O)O)CSC(N)C1(Cc1ccccc1)C(=O)O. The molecule has 3 atom stereocenters. The molecule has 0 saturated carbocycles. The Morgan fingerprint density at radius 3 is 2.40 bits per heavy atom. The van der Waals surface area contributed by atoms with Crippen LogP contribution in [0.25, 0.3) is 0 Å². The fourth-order valence-corrected chi connectivity index (χ4v) is 4.36. The topological polar surface area (TPSA) is 101 Å². The lowest BCUT2D eigenvalue weighted by Gasteiger charge is -2.38. The zero-order valence-electron chi connectivity index (χ0n) is 11.1. The summed E-state index contributed by atoms with van der Waals surface area (Å²) in [7, 11) is 0. The van der Waals surface area contributed by atoms with Crippen molar-refractivity contribution in [2.75, 3.05) is 5.75 Å². The molecule has 2 rings (SSSR count). The van der Waals surface area contributed by atoms with Gasteiger partial charge in [0.25, 0.3) is 0 Å². The summed E-state index contributed by atoms with van der Waals surface area (Å²) >= 11 is 1.20. The highest BCUT2D eigenvalue weighted by atomic mass is 32.2. The van der Waals surface area contributed by atoms with Gasteiger partial charge in [-0.3, -0.25) is 9.59 Å². The Balaban J connectivity index is 2.52. The molecular weight excluding hydrogens is 278 g/mol. The lowest BCUT2D eigenvalue weighted by atomic mass is 9.62. The Morgan fingerprint density at radius 2 is 1.90 bits per heavy atom. The van der Waals surface area contributed by atoms with E-state index in [9.17, 15) is 19.8 Å². The number of hydrogen-bond acceptors (Lipinski definition) is 4. The molecule has 1 aliphatic rings. The summed E-state index contributed by atoms with van der Waals surface area (Å²) in [5.74, 6) is -2.07. The molecule has 4 N–H and O–H groups in total. The van der Waals surface area contributed by atoms with Crippen LogP contribution in [0.2, 0.25) is 0 Å². The molecule has 20 heavy (non-hydrogen) atoms. The van der Waals surface area contributed by atoms with Crippen molar-refractivity contribution in [2.24, 2.45) is 16.6 Å². The van der Waals surface area contributed by atoms with Gasteiger partial charge in [0.05, 0.1) is 10.8 Å². The first-order valence-corrected chi connectivity index (χ1v) is 7.27. The van der Waals surface area contributed by atoms with E-state index in [2.05, 4.69) is 0 Å². The van der Waals surface area contributed by atoms with Crippen LogP contribution in [0.15, 0.2) is 30.3 Å². The number of hydrogen-bond donors (Lipinski definition) is 3. The van der Waals surface area contributed by atoms with E-state index in [0.29, 0.717) is 0 Å². The van der Waals surface area contributed by atoms with Crippen molar-refractivity contribution in [1.82, 2.24) is 0 Å². The fraction of sp³-hybridized carbons (Fsp3) is 0.429. The van der Waals surface area contributed by atoms with Gasteiger partial charge in [-0.25, -0.2) is 0 Å². The first-order chi connectivity index (χ1) is 9.34. The third-order valence-electron chi connectivity index (χ3n) is 4.20. The summed E-state index contributed by atoms with van der Waals surface area (Å²) in [5, 5.41) is 18.5. The smallest absolute Gasteiger partial charge is 0.313 e. The second kappa shape index (κ2) is 5.10. The minimum absolute atomic E-state index is 0.111. The average molecular weight is 295 g/mol. The Bertz CT molecular complexity index is 535. The van der Waals surface area contributed by atoms with Crippen LogP contribution in [0, 0.1) is 10.8 Å². The standard InChI is InChI=1S/C14H17NO4S/c1-13(11(16)17)8-20-10(15)14(13,12(18)19)7-9-5-3-2-4-6-9/h2-6,10H,7-8,15H2,1H3,(H,16,17)(H,18,19). The van der Waals surface area contributed by atoms with Crippen LogP contribution in [-0.2, 0) is 16.0 Å². The summed E-state index contributed by atoms with van der Waals surface area (Å²) in [5.41, 5.74) is 3.87. The van der Waals surface area contributed by atoms with Gasteiger partial charge in [0.15, 0.2) is 0 Å². The molecule has 1 aliphatic heterocycles. The van der Waals surface area contributed by atoms with Crippen LogP contribution < -0.4 is 5.73 Å². The van der Waals surface area contributed by atoms with Crippen molar-refractivity contribution in [3.63, 3.8) is 0 Å². The van der Waals surface area contributed by atoms with Crippen molar-refractivity contribution in [2.45, 2.75) is 18.7 Å². The molecule has 6 heteroatoms. The molecule has 3 unspecified atom stereocenters. The summed E-state index contributed by atoms with van der Waals surface area (Å²) in [4.78, 5) is 23.5. The summed E-state index contributed by atoms with van der Waals surface area (Å²) in [6.45, 7) is 1.48. The zero-order chi connectivity index (χ0) is 15.0. The number of nitrogens with two attached hydrogens (primary N) is 1. The quantitative estimate of drug-likeness (QED) is 0.776. The molecule has 1 heterocycles. The molecule has 1 fully saturated rings. The van der Waals surface area contributed by atoms with Crippen LogP contribution in [0.1, 0.15) is 12.5 Å². The zero-order valence-corrected chi connectivity index (χ0v) is 11.9. The van der Waals surface area contributed by atoms with Gasteiger partial charge >= 0.3 is 11.9 Å². The molecule has 0 spiro atoms. The summed E-state index contributed by atoms with van der Waals surface area (Å²) in [6.07, 6.45) is 0.111. The Hall–Kier alpha value is -1.53. The lowest BCUT2D eigenvalue weighted by Crippen LogP contribution is -2.56. The van der Waals surface area contributed by atoms with Gasteiger partial charge in [0.2, 0.25) is 0 Å². The second-order valence-electron chi connectivity index (χ2n) is 5.31. The number of thioether (sulfide) groups is 1. The molecule has 1 aromatic carbocycles. The van der Waals surface area contributed by atoms with E-state index in [-0.39, 0.29) is 12.2 Å². The normalized spacial score (nSPS) is 33.0. The maximum absolute atomic E-state index is 11.9.